The lowest BCUT2D eigenvalue weighted by Crippen LogP contribution is -2.52. The monoisotopic (exact) mass is 452 g/mol. The van der Waals surface area contributed by atoms with Crippen molar-refractivity contribution < 1.29 is 18.7 Å². The average Bonchev–Trinajstić information content (AvgIpc) is 2.80. The number of urea groups is 1. The molecule has 0 spiro atoms. The summed E-state index contributed by atoms with van der Waals surface area (Å²) in [4.78, 5) is 29.9. The Kier molecular flexibility index (Phi) is 6.93. The Bertz CT molecular complexity index is 1060. The third kappa shape index (κ3) is 5.17. The number of nitrogens with one attached hydrogen (secondary N) is 2. The van der Waals surface area contributed by atoms with Crippen molar-refractivity contribution in [2.24, 2.45) is 0 Å². The fourth-order valence-corrected chi connectivity index (χ4v) is 4.42. The molecule has 4 rings (SSSR count). The predicted octanol–water partition coefficient (Wildman–Crippen LogP) is 3.13. The molecule has 2 amide bonds. The van der Waals surface area contributed by atoms with Gasteiger partial charge in [0.25, 0.3) is 0 Å². The van der Waals surface area contributed by atoms with E-state index in [1.165, 1.54) is 23.4 Å². The van der Waals surface area contributed by atoms with Crippen LogP contribution in [-0.4, -0.2) is 56.2 Å². The molecule has 1 saturated heterocycles. The van der Waals surface area contributed by atoms with Crippen LogP contribution < -0.4 is 15.5 Å². The molecule has 0 radical (unpaired) electrons. The van der Waals surface area contributed by atoms with Crippen molar-refractivity contribution in [3.05, 3.63) is 76.7 Å². The second kappa shape index (κ2) is 10.0. The van der Waals surface area contributed by atoms with Crippen molar-refractivity contribution in [1.29, 1.82) is 0 Å². The maximum atomic E-state index is 13.9. The fourth-order valence-electron chi connectivity index (χ4n) is 4.42. The van der Waals surface area contributed by atoms with Gasteiger partial charge >= 0.3 is 12.0 Å². The van der Waals surface area contributed by atoms with Crippen LogP contribution in [-0.2, 0) is 9.53 Å². The summed E-state index contributed by atoms with van der Waals surface area (Å²) in [7, 11) is 0. The smallest absolute Gasteiger partial charge is 0.338 e. The van der Waals surface area contributed by atoms with Gasteiger partial charge in [0.05, 0.1) is 18.2 Å². The molecule has 2 aromatic carbocycles. The number of nitrogens with zero attached hydrogens (tertiary/aromatic N) is 2. The Balaban J connectivity index is 1.57. The molecule has 2 aliphatic rings. The Labute approximate surface area is 193 Å². The molecular weight excluding hydrogens is 423 g/mol. The summed E-state index contributed by atoms with van der Waals surface area (Å²) in [5.41, 5.74) is 3.76. The Morgan fingerprint density at radius 2 is 1.88 bits per heavy atom. The lowest BCUT2D eigenvalue weighted by atomic mass is 9.94. The Morgan fingerprint density at radius 1 is 1.12 bits per heavy atom. The minimum Gasteiger partial charge on any atom is -0.463 e. The van der Waals surface area contributed by atoms with Gasteiger partial charge in [-0.05, 0) is 43.2 Å². The summed E-state index contributed by atoms with van der Waals surface area (Å²) >= 11 is 0. The number of aryl methyl sites for hydroxylation is 1. The zero-order valence-corrected chi connectivity index (χ0v) is 18.9. The van der Waals surface area contributed by atoms with Gasteiger partial charge in [0.15, 0.2) is 0 Å². The number of anilines is 1. The van der Waals surface area contributed by atoms with E-state index in [1.54, 1.807) is 19.1 Å². The van der Waals surface area contributed by atoms with Crippen molar-refractivity contribution in [3.8, 4) is 0 Å². The fraction of sp³-hybridized carbons (Fsp3) is 0.360. The van der Waals surface area contributed by atoms with Crippen LogP contribution in [0.3, 0.4) is 0 Å². The van der Waals surface area contributed by atoms with Crippen molar-refractivity contribution >= 4 is 17.7 Å². The van der Waals surface area contributed by atoms with Gasteiger partial charge in [-0.2, -0.15) is 0 Å². The molecule has 1 atom stereocenters. The van der Waals surface area contributed by atoms with Crippen LogP contribution in [0.15, 0.2) is 59.8 Å². The summed E-state index contributed by atoms with van der Waals surface area (Å²) in [5.74, 6) is -0.954. The minimum absolute atomic E-state index is 0.203. The topological polar surface area (TPSA) is 73.9 Å². The average molecular weight is 453 g/mol. The number of rotatable bonds is 6. The molecule has 1 unspecified atom stereocenters. The maximum absolute atomic E-state index is 13.9. The van der Waals surface area contributed by atoms with Gasteiger partial charge in [0.2, 0.25) is 0 Å². The van der Waals surface area contributed by atoms with Gasteiger partial charge in [0.1, 0.15) is 5.82 Å². The lowest BCUT2D eigenvalue weighted by molar-refractivity contribution is -0.139. The highest BCUT2D eigenvalue weighted by atomic mass is 19.1. The summed E-state index contributed by atoms with van der Waals surface area (Å²) in [6.45, 7) is 7.68. The first-order chi connectivity index (χ1) is 16.0. The molecule has 2 N–H and O–H groups in total. The van der Waals surface area contributed by atoms with E-state index in [4.69, 9.17) is 4.74 Å². The van der Waals surface area contributed by atoms with Crippen LogP contribution in [0.25, 0.3) is 0 Å². The summed E-state index contributed by atoms with van der Waals surface area (Å²) < 4.78 is 19.2. The van der Waals surface area contributed by atoms with E-state index in [1.807, 2.05) is 12.1 Å². The summed E-state index contributed by atoms with van der Waals surface area (Å²) in [5, 5.41) is 5.55. The van der Waals surface area contributed by atoms with Crippen molar-refractivity contribution in [2.45, 2.75) is 19.9 Å². The van der Waals surface area contributed by atoms with Gasteiger partial charge in [0, 0.05) is 44.1 Å². The largest absolute Gasteiger partial charge is 0.463 e. The number of hydrogen-bond acceptors (Lipinski definition) is 5. The molecule has 33 heavy (non-hydrogen) atoms. The molecule has 2 heterocycles. The molecule has 2 aromatic rings. The second-order valence-electron chi connectivity index (χ2n) is 8.25. The Hall–Kier alpha value is -3.39. The highest BCUT2D eigenvalue weighted by Gasteiger charge is 2.35. The quantitative estimate of drug-likeness (QED) is 0.659. The normalized spacial score (nSPS) is 19.2. The standard InChI is InChI=1S/C25H29FN4O3/c1-3-33-24(31)22-20(27-25(32)28-23(22)18-8-6-9-19(26)15-18)16-29-11-13-30(14-12-29)21-10-5-4-7-17(21)2/h4-10,15,23H,3,11-14,16H2,1-2H3,(H2,27,28,32). The molecule has 8 heteroatoms. The molecule has 0 aromatic heterocycles. The number of esters is 1. The summed E-state index contributed by atoms with van der Waals surface area (Å²) in [6, 6.07) is 13.0. The molecular formula is C25H29FN4O3. The first-order valence-corrected chi connectivity index (χ1v) is 11.2. The number of piperazine rings is 1. The highest BCUT2D eigenvalue weighted by molar-refractivity contribution is 5.95. The minimum atomic E-state index is -0.781. The number of hydrogen-bond donors (Lipinski definition) is 2. The number of carbonyl (C=O) groups is 2. The van der Waals surface area contributed by atoms with Crippen LogP contribution in [0.4, 0.5) is 14.9 Å². The van der Waals surface area contributed by atoms with E-state index >= 15 is 0 Å². The number of benzene rings is 2. The SMILES string of the molecule is CCOC(=O)C1=C(CN2CCN(c3ccccc3C)CC2)NC(=O)NC1c1cccc(F)c1. The summed E-state index contributed by atoms with van der Waals surface area (Å²) in [6.07, 6.45) is 0. The van der Waals surface area contributed by atoms with Gasteiger partial charge < -0.3 is 20.3 Å². The zero-order chi connectivity index (χ0) is 23.4. The number of halogens is 1. The molecule has 1 fully saturated rings. The van der Waals surface area contributed by atoms with Crippen molar-refractivity contribution in [1.82, 2.24) is 15.5 Å². The van der Waals surface area contributed by atoms with Gasteiger partial charge in [-0.1, -0.05) is 30.3 Å². The van der Waals surface area contributed by atoms with E-state index in [0.29, 0.717) is 23.4 Å². The van der Waals surface area contributed by atoms with E-state index in [2.05, 4.69) is 39.5 Å². The molecule has 7 nitrogen and oxygen atoms in total. The van der Waals surface area contributed by atoms with Crippen molar-refractivity contribution in [3.63, 3.8) is 0 Å². The van der Waals surface area contributed by atoms with E-state index in [9.17, 15) is 14.0 Å². The molecule has 2 aliphatic heterocycles. The molecule has 0 aliphatic carbocycles. The van der Waals surface area contributed by atoms with Gasteiger partial charge in [-0.15, -0.1) is 0 Å². The van der Waals surface area contributed by atoms with Crippen LogP contribution in [0.1, 0.15) is 24.1 Å². The number of ether oxygens (including phenoxy) is 1. The van der Waals surface area contributed by atoms with Crippen LogP contribution in [0.2, 0.25) is 0 Å². The maximum Gasteiger partial charge on any atom is 0.338 e. The second-order valence-corrected chi connectivity index (χ2v) is 8.25. The molecule has 0 saturated carbocycles. The van der Waals surface area contributed by atoms with E-state index < -0.39 is 23.9 Å². The molecule has 174 valence electrons. The van der Waals surface area contributed by atoms with Crippen LogP contribution in [0, 0.1) is 12.7 Å². The van der Waals surface area contributed by atoms with E-state index in [-0.39, 0.29) is 6.61 Å². The third-order valence-electron chi connectivity index (χ3n) is 6.04. The first kappa shape index (κ1) is 22.8. The van der Waals surface area contributed by atoms with E-state index in [0.717, 1.165) is 26.2 Å². The predicted molar refractivity (Wildman–Crippen MR) is 124 cm³/mol. The van der Waals surface area contributed by atoms with Gasteiger partial charge in [-0.3, -0.25) is 4.90 Å². The van der Waals surface area contributed by atoms with Crippen LogP contribution in [0.5, 0.6) is 0 Å². The third-order valence-corrected chi connectivity index (χ3v) is 6.04. The number of carbonyl (C=O) groups excluding carboxylic acids is 2. The highest BCUT2D eigenvalue weighted by Crippen LogP contribution is 2.29. The molecule has 0 bridgehead atoms. The Morgan fingerprint density at radius 3 is 2.58 bits per heavy atom. The lowest BCUT2D eigenvalue weighted by Gasteiger charge is -2.38. The number of amides is 2. The number of para-hydroxylation sites is 1. The zero-order valence-electron chi connectivity index (χ0n) is 18.9. The first-order valence-electron chi connectivity index (χ1n) is 11.2. The van der Waals surface area contributed by atoms with Crippen LogP contribution >= 0.6 is 0 Å². The van der Waals surface area contributed by atoms with Gasteiger partial charge in [-0.25, -0.2) is 14.0 Å². The van der Waals surface area contributed by atoms with Crippen molar-refractivity contribution in [2.75, 3.05) is 44.2 Å².